The summed E-state index contributed by atoms with van der Waals surface area (Å²) in [6.45, 7) is -0.341. The number of nitrogens with two attached hydrogens (primary N) is 1. The Labute approximate surface area is 103 Å². The normalized spacial score (nSPS) is 14.1. The molecule has 5 nitrogen and oxygen atoms in total. The lowest BCUT2D eigenvalue weighted by Crippen LogP contribution is -2.30. The van der Waals surface area contributed by atoms with E-state index in [1.54, 1.807) is 0 Å². The van der Waals surface area contributed by atoms with Gasteiger partial charge in [0.2, 0.25) is 0 Å². The van der Waals surface area contributed by atoms with Crippen molar-refractivity contribution in [3.05, 3.63) is 29.6 Å². The van der Waals surface area contributed by atoms with E-state index in [9.17, 15) is 14.0 Å². The zero-order chi connectivity index (χ0) is 13.1. The van der Waals surface area contributed by atoms with Crippen molar-refractivity contribution in [2.24, 2.45) is 0 Å². The first-order chi connectivity index (χ1) is 8.56. The fourth-order valence-electron chi connectivity index (χ4n) is 1.38. The second-order valence-corrected chi connectivity index (χ2v) is 4.15. The molecule has 2 rings (SSSR count). The van der Waals surface area contributed by atoms with Gasteiger partial charge >= 0.3 is 5.97 Å². The molecule has 1 aromatic carbocycles. The van der Waals surface area contributed by atoms with E-state index < -0.39 is 11.8 Å². The summed E-state index contributed by atoms with van der Waals surface area (Å²) in [6.07, 6.45) is 1.93. The second-order valence-electron chi connectivity index (χ2n) is 4.15. The average molecular weight is 252 g/mol. The monoisotopic (exact) mass is 252 g/mol. The van der Waals surface area contributed by atoms with Crippen LogP contribution in [-0.4, -0.2) is 24.5 Å². The predicted octanol–water partition coefficient (Wildman–Crippen LogP) is 0.843. The molecule has 0 heterocycles. The van der Waals surface area contributed by atoms with E-state index >= 15 is 0 Å². The van der Waals surface area contributed by atoms with Crippen LogP contribution in [0.2, 0.25) is 0 Å². The predicted molar refractivity (Wildman–Crippen MR) is 62.3 cm³/mol. The first kappa shape index (κ1) is 12.3. The lowest BCUT2D eigenvalue weighted by atomic mass is 10.2. The molecular formula is C12H13FN2O3. The van der Waals surface area contributed by atoms with Crippen LogP contribution in [-0.2, 0) is 9.53 Å². The molecule has 1 aromatic rings. The van der Waals surface area contributed by atoms with Crippen LogP contribution in [0.15, 0.2) is 18.2 Å². The third-order valence-electron chi connectivity index (χ3n) is 2.51. The van der Waals surface area contributed by atoms with Crippen molar-refractivity contribution >= 4 is 17.6 Å². The Bertz CT molecular complexity index is 486. The summed E-state index contributed by atoms with van der Waals surface area (Å²) in [7, 11) is 0. The number of nitrogen functional groups attached to an aromatic ring is 1. The minimum absolute atomic E-state index is 0.119. The fraction of sp³-hybridized carbons (Fsp3) is 0.333. The Morgan fingerprint density at radius 2 is 2.17 bits per heavy atom. The number of amides is 1. The molecule has 3 N–H and O–H groups in total. The summed E-state index contributed by atoms with van der Waals surface area (Å²) < 4.78 is 17.7. The van der Waals surface area contributed by atoms with Gasteiger partial charge in [-0.2, -0.15) is 0 Å². The van der Waals surface area contributed by atoms with Gasteiger partial charge in [0.15, 0.2) is 6.61 Å². The van der Waals surface area contributed by atoms with Crippen molar-refractivity contribution in [3.63, 3.8) is 0 Å². The van der Waals surface area contributed by atoms with Gasteiger partial charge in [0.25, 0.3) is 5.91 Å². The maximum atomic E-state index is 12.9. The molecule has 0 spiro atoms. The summed E-state index contributed by atoms with van der Waals surface area (Å²) in [6, 6.07) is 3.73. The third kappa shape index (κ3) is 3.19. The second kappa shape index (κ2) is 5.03. The maximum absolute atomic E-state index is 12.9. The van der Waals surface area contributed by atoms with Crippen molar-refractivity contribution in [1.29, 1.82) is 0 Å². The van der Waals surface area contributed by atoms with Crippen molar-refractivity contribution in [3.8, 4) is 0 Å². The molecule has 1 aliphatic rings. The third-order valence-corrected chi connectivity index (χ3v) is 2.51. The van der Waals surface area contributed by atoms with Gasteiger partial charge in [0.05, 0.1) is 11.3 Å². The molecule has 0 atom stereocenters. The Morgan fingerprint density at radius 3 is 2.78 bits per heavy atom. The number of anilines is 1. The summed E-state index contributed by atoms with van der Waals surface area (Å²) in [4.78, 5) is 22.8. The van der Waals surface area contributed by atoms with Crippen molar-refractivity contribution in [1.82, 2.24) is 5.32 Å². The average Bonchev–Trinajstić information content (AvgIpc) is 3.13. The molecule has 96 valence electrons. The van der Waals surface area contributed by atoms with Gasteiger partial charge in [-0.15, -0.1) is 0 Å². The quantitative estimate of drug-likeness (QED) is 0.614. The van der Waals surface area contributed by atoms with Gasteiger partial charge in [-0.3, -0.25) is 4.79 Å². The molecule has 6 heteroatoms. The van der Waals surface area contributed by atoms with Gasteiger partial charge in [-0.05, 0) is 31.0 Å². The van der Waals surface area contributed by atoms with E-state index in [0.717, 1.165) is 18.9 Å². The first-order valence-electron chi connectivity index (χ1n) is 5.58. The van der Waals surface area contributed by atoms with E-state index in [1.165, 1.54) is 12.1 Å². The number of ether oxygens (including phenoxy) is 1. The molecule has 18 heavy (non-hydrogen) atoms. The topological polar surface area (TPSA) is 81.4 Å². The molecule has 1 saturated carbocycles. The van der Waals surface area contributed by atoms with Crippen LogP contribution < -0.4 is 11.1 Å². The highest BCUT2D eigenvalue weighted by Gasteiger charge is 2.23. The highest BCUT2D eigenvalue weighted by Crippen LogP contribution is 2.18. The SMILES string of the molecule is Nc1cc(C(=O)OCC(=O)NC2CC2)ccc1F. The van der Waals surface area contributed by atoms with E-state index in [0.29, 0.717) is 0 Å². The van der Waals surface area contributed by atoms with Gasteiger partial charge in [-0.1, -0.05) is 0 Å². The molecule has 0 aromatic heterocycles. The Kier molecular flexibility index (Phi) is 3.45. The lowest BCUT2D eigenvalue weighted by molar-refractivity contribution is -0.124. The molecular weight excluding hydrogens is 239 g/mol. The smallest absolute Gasteiger partial charge is 0.338 e. The van der Waals surface area contributed by atoms with Crippen LogP contribution >= 0.6 is 0 Å². The van der Waals surface area contributed by atoms with Crippen LogP contribution in [0, 0.1) is 5.82 Å². The highest BCUT2D eigenvalue weighted by atomic mass is 19.1. The van der Waals surface area contributed by atoms with Crippen molar-refractivity contribution in [2.75, 3.05) is 12.3 Å². The molecule has 1 fully saturated rings. The standard InChI is InChI=1S/C12H13FN2O3/c13-9-4-1-7(5-10(9)14)12(17)18-6-11(16)15-8-2-3-8/h1,4-5,8H,2-3,6,14H2,(H,15,16). The Morgan fingerprint density at radius 1 is 1.44 bits per heavy atom. The van der Waals surface area contributed by atoms with E-state index in [1.807, 2.05) is 0 Å². The van der Waals surface area contributed by atoms with Crippen LogP contribution in [0.25, 0.3) is 0 Å². The van der Waals surface area contributed by atoms with Crippen LogP contribution in [0.1, 0.15) is 23.2 Å². The van der Waals surface area contributed by atoms with E-state index in [-0.39, 0.29) is 29.8 Å². The largest absolute Gasteiger partial charge is 0.452 e. The molecule has 0 bridgehead atoms. The van der Waals surface area contributed by atoms with Gasteiger partial charge in [0, 0.05) is 6.04 Å². The zero-order valence-corrected chi connectivity index (χ0v) is 9.61. The van der Waals surface area contributed by atoms with Gasteiger partial charge < -0.3 is 15.8 Å². The van der Waals surface area contributed by atoms with Crippen LogP contribution in [0.5, 0.6) is 0 Å². The molecule has 0 unspecified atom stereocenters. The fourth-order valence-corrected chi connectivity index (χ4v) is 1.38. The first-order valence-corrected chi connectivity index (χ1v) is 5.58. The van der Waals surface area contributed by atoms with E-state index in [4.69, 9.17) is 10.5 Å². The minimum Gasteiger partial charge on any atom is -0.452 e. The molecule has 0 aliphatic heterocycles. The number of rotatable bonds is 4. The number of esters is 1. The number of hydrogen-bond donors (Lipinski definition) is 2. The Hall–Kier alpha value is -2.11. The van der Waals surface area contributed by atoms with Gasteiger partial charge in [-0.25, -0.2) is 9.18 Å². The maximum Gasteiger partial charge on any atom is 0.338 e. The number of hydrogen-bond acceptors (Lipinski definition) is 4. The van der Waals surface area contributed by atoms with Crippen molar-refractivity contribution in [2.45, 2.75) is 18.9 Å². The summed E-state index contributed by atoms with van der Waals surface area (Å²) >= 11 is 0. The highest BCUT2D eigenvalue weighted by molar-refractivity contribution is 5.92. The number of nitrogens with one attached hydrogen (secondary N) is 1. The Balaban J connectivity index is 1.86. The lowest BCUT2D eigenvalue weighted by Gasteiger charge is -2.06. The minimum atomic E-state index is -0.701. The summed E-state index contributed by atoms with van der Waals surface area (Å²) in [5.74, 6) is -1.63. The number of carbonyl (C=O) groups excluding carboxylic acids is 2. The van der Waals surface area contributed by atoms with Crippen LogP contribution in [0.3, 0.4) is 0 Å². The number of carbonyl (C=O) groups is 2. The summed E-state index contributed by atoms with van der Waals surface area (Å²) in [5, 5.41) is 2.68. The van der Waals surface area contributed by atoms with Crippen LogP contribution in [0.4, 0.5) is 10.1 Å². The molecule has 1 aliphatic carbocycles. The zero-order valence-electron chi connectivity index (χ0n) is 9.61. The number of halogens is 1. The molecule has 1 amide bonds. The molecule has 0 radical (unpaired) electrons. The number of benzene rings is 1. The summed E-state index contributed by atoms with van der Waals surface area (Å²) in [5.41, 5.74) is 5.31. The van der Waals surface area contributed by atoms with Gasteiger partial charge in [0.1, 0.15) is 5.82 Å². The van der Waals surface area contributed by atoms with E-state index in [2.05, 4.69) is 5.32 Å². The molecule has 0 saturated heterocycles. The van der Waals surface area contributed by atoms with Crippen molar-refractivity contribution < 1.29 is 18.7 Å².